The Kier molecular flexibility index (Phi) is 2.82. The van der Waals surface area contributed by atoms with Gasteiger partial charge in [0.15, 0.2) is 0 Å². The Balaban J connectivity index is 1.85. The van der Waals surface area contributed by atoms with Crippen LogP contribution in [0.5, 0.6) is 5.75 Å². The monoisotopic (exact) mass is 296 g/mol. The van der Waals surface area contributed by atoms with E-state index in [1.54, 1.807) is 13.4 Å². The number of fused-ring (bicyclic) bond motifs is 3. The van der Waals surface area contributed by atoms with E-state index in [4.69, 9.17) is 4.74 Å². The zero-order chi connectivity index (χ0) is 14.2. The van der Waals surface area contributed by atoms with Crippen molar-refractivity contribution in [1.82, 2.24) is 18.9 Å². The van der Waals surface area contributed by atoms with Crippen molar-refractivity contribution in [3.63, 3.8) is 0 Å². The van der Waals surface area contributed by atoms with Crippen LogP contribution in [-0.2, 0) is 6.54 Å². The summed E-state index contributed by atoms with van der Waals surface area (Å²) in [6.45, 7) is 0.749. The SMILES string of the molecule is COc1ccc(Cn2c3cnsc3c3cncnc32)cc1. The molecule has 21 heavy (non-hydrogen) atoms. The first kappa shape index (κ1) is 12.3. The van der Waals surface area contributed by atoms with Crippen LogP contribution in [0.3, 0.4) is 0 Å². The molecule has 104 valence electrons. The van der Waals surface area contributed by atoms with E-state index in [2.05, 4.69) is 31.0 Å². The van der Waals surface area contributed by atoms with Gasteiger partial charge in [-0.25, -0.2) is 9.97 Å². The van der Waals surface area contributed by atoms with E-state index in [1.807, 2.05) is 24.5 Å². The van der Waals surface area contributed by atoms with Crippen molar-refractivity contribution in [3.05, 3.63) is 48.5 Å². The molecule has 4 aromatic rings. The smallest absolute Gasteiger partial charge is 0.145 e. The van der Waals surface area contributed by atoms with Crippen molar-refractivity contribution in [2.24, 2.45) is 0 Å². The summed E-state index contributed by atoms with van der Waals surface area (Å²) in [4.78, 5) is 8.55. The minimum absolute atomic E-state index is 0.749. The topological polar surface area (TPSA) is 52.8 Å². The minimum Gasteiger partial charge on any atom is -0.497 e. The van der Waals surface area contributed by atoms with Crippen molar-refractivity contribution in [3.8, 4) is 5.75 Å². The normalized spacial score (nSPS) is 11.3. The van der Waals surface area contributed by atoms with Crippen molar-refractivity contribution in [2.75, 3.05) is 7.11 Å². The molecule has 0 aliphatic heterocycles. The fourth-order valence-corrected chi connectivity index (χ4v) is 3.26. The summed E-state index contributed by atoms with van der Waals surface area (Å²) in [7, 11) is 1.67. The molecule has 5 nitrogen and oxygen atoms in total. The van der Waals surface area contributed by atoms with Gasteiger partial charge in [-0.3, -0.25) is 0 Å². The Bertz CT molecular complexity index is 910. The molecular weight excluding hydrogens is 284 g/mol. The van der Waals surface area contributed by atoms with Crippen LogP contribution >= 0.6 is 11.5 Å². The highest BCUT2D eigenvalue weighted by atomic mass is 32.1. The number of hydrogen-bond donors (Lipinski definition) is 0. The van der Waals surface area contributed by atoms with E-state index in [1.165, 1.54) is 17.1 Å². The summed E-state index contributed by atoms with van der Waals surface area (Å²) in [6, 6.07) is 8.08. The molecule has 0 unspecified atom stereocenters. The largest absolute Gasteiger partial charge is 0.497 e. The predicted octanol–water partition coefficient (Wildman–Crippen LogP) is 3.10. The first-order valence-corrected chi connectivity index (χ1v) is 7.29. The van der Waals surface area contributed by atoms with Crippen molar-refractivity contribution in [1.29, 1.82) is 0 Å². The highest BCUT2D eigenvalue weighted by Gasteiger charge is 2.13. The molecule has 0 amide bonds. The summed E-state index contributed by atoms with van der Waals surface area (Å²) in [5.41, 5.74) is 3.25. The summed E-state index contributed by atoms with van der Waals surface area (Å²) in [5, 5.41) is 1.06. The molecule has 0 bridgehead atoms. The lowest BCUT2D eigenvalue weighted by atomic mass is 10.2. The van der Waals surface area contributed by atoms with Crippen LogP contribution in [0.2, 0.25) is 0 Å². The average molecular weight is 296 g/mol. The number of aromatic nitrogens is 4. The summed E-state index contributed by atoms with van der Waals surface area (Å²) >= 11 is 1.48. The lowest BCUT2D eigenvalue weighted by Gasteiger charge is -2.07. The quantitative estimate of drug-likeness (QED) is 0.583. The van der Waals surface area contributed by atoms with Gasteiger partial charge in [0.05, 0.1) is 28.9 Å². The molecule has 0 aliphatic rings. The van der Waals surface area contributed by atoms with Gasteiger partial charge >= 0.3 is 0 Å². The van der Waals surface area contributed by atoms with Crippen LogP contribution in [0.1, 0.15) is 5.56 Å². The lowest BCUT2D eigenvalue weighted by molar-refractivity contribution is 0.414. The van der Waals surface area contributed by atoms with Crippen LogP contribution in [0.4, 0.5) is 0 Å². The first-order chi connectivity index (χ1) is 10.4. The zero-order valence-electron chi connectivity index (χ0n) is 11.4. The maximum atomic E-state index is 5.20. The molecule has 0 atom stereocenters. The van der Waals surface area contributed by atoms with Gasteiger partial charge in [0.25, 0.3) is 0 Å². The number of methoxy groups -OCH3 is 1. The summed E-state index contributed by atoms with van der Waals surface area (Å²) in [6.07, 6.45) is 5.34. The Morgan fingerprint density at radius 3 is 2.86 bits per heavy atom. The number of nitrogens with zero attached hydrogens (tertiary/aromatic N) is 4. The van der Waals surface area contributed by atoms with Crippen LogP contribution in [0, 0.1) is 0 Å². The Morgan fingerprint density at radius 1 is 1.19 bits per heavy atom. The Morgan fingerprint density at radius 2 is 2.05 bits per heavy atom. The van der Waals surface area contributed by atoms with Crippen molar-refractivity contribution < 1.29 is 4.74 Å². The van der Waals surface area contributed by atoms with E-state index in [9.17, 15) is 0 Å². The van der Waals surface area contributed by atoms with Crippen molar-refractivity contribution >= 4 is 32.8 Å². The second-order valence-electron chi connectivity index (χ2n) is 4.73. The van der Waals surface area contributed by atoms with Crippen LogP contribution < -0.4 is 4.74 Å². The molecule has 0 radical (unpaired) electrons. The van der Waals surface area contributed by atoms with Gasteiger partial charge in [-0.1, -0.05) is 12.1 Å². The third-order valence-corrected chi connectivity index (χ3v) is 4.36. The molecule has 3 heterocycles. The van der Waals surface area contributed by atoms with E-state index < -0.39 is 0 Å². The van der Waals surface area contributed by atoms with Gasteiger partial charge in [-0.15, -0.1) is 0 Å². The van der Waals surface area contributed by atoms with Gasteiger partial charge in [-0.05, 0) is 29.2 Å². The average Bonchev–Trinajstić information content (AvgIpc) is 3.11. The predicted molar refractivity (Wildman–Crippen MR) is 82.8 cm³/mol. The van der Waals surface area contributed by atoms with E-state index in [-0.39, 0.29) is 0 Å². The van der Waals surface area contributed by atoms with Gasteiger partial charge in [-0.2, -0.15) is 4.37 Å². The fourth-order valence-electron chi connectivity index (χ4n) is 2.50. The molecule has 0 N–H and O–H groups in total. The maximum Gasteiger partial charge on any atom is 0.145 e. The molecule has 1 aromatic carbocycles. The first-order valence-electron chi connectivity index (χ1n) is 6.52. The zero-order valence-corrected chi connectivity index (χ0v) is 12.2. The molecule has 0 spiro atoms. The van der Waals surface area contributed by atoms with Crippen LogP contribution in [-0.4, -0.2) is 26.0 Å². The molecule has 3 aromatic heterocycles. The fraction of sp³-hybridized carbons (Fsp3) is 0.133. The van der Waals surface area contributed by atoms with Gasteiger partial charge in [0.2, 0.25) is 0 Å². The Labute approximate surface area is 125 Å². The molecule has 4 rings (SSSR count). The van der Waals surface area contributed by atoms with E-state index in [0.29, 0.717) is 0 Å². The molecule has 0 saturated heterocycles. The highest BCUT2D eigenvalue weighted by Crippen LogP contribution is 2.30. The van der Waals surface area contributed by atoms with Gasteiger partial charge < -0.3 is 9.30 Å². The second kappa shape index (κ2) is 4.82. The molecule has 0 fully saturated rings. The minimum atomic E-state index is 0.749. The van der Waals surface area contributed by atoms with Crippen molar-refractivity contribution in [2.45, 2.75) is 6.54 Å². The van der Waals surface area contributed by atoms with Crippen LogP contribution in [0.25, 0.3) is 21.3 Å². The third-order valence-electron chi connectivity index (χ3n) is 3.53. The molecule has 6 heteroatoms. The lowest BCUT2D eigenvalue weighted by Crippen LogP contribution is -2.00. The highest BCUT2D eigenvalue weighted by molar-refractivity contribution is 7.14. The summed E-state index contributed by atoms with van der Waals surface area (Å²) < 4.78 is 12.8. The number of hydrogen-bond acceptors (Lipinski definition) is 5. The number of rotatable bonds is 3. The van der Waals surface area contributed by atoms with E-state index in [0.717, 1.165) is 33.5 Å². The van der Waals surface area contributed by atoms with Crippen LogP contribution in [0.15, 0.2) is 43.0 Å². The molecule has 0 aliphatic carbocycles. The van der Waals surface area contributed by atoms with Gasteiger partial charge in [0.1, 0.15) is 17.7 Å². The van der Waals surface area contributed by atoms with E-state index >= 15 is 0 Å². The summed E-state index contributed by atoms with van der Waals surface area (Å²) in [5.74, 6) is 0.862. The molecular formula is C15H12N4OS. The molecule has 0 saturated carbocycles. The number of ether oxygens (including phenoxy) is 1. The Hall–Kier alpha value is -2.47. The second-order valence-corrected chi connectivity index (χ2v) is 5.54. The number of benzene rings is 1. The maximum absolute atomic E-state index is 5.20. The van der Waals surface area contributed by atoms with Gasteiger partial charge in [0, 0.05) is 12.7 Å². The standard InChI is InChI=1S/C15H12N4OS/c1-20-11-4-2-10(3-5-11)8-19-13-7-18-21-14(13)12-6-16-9-17-15(12)19/h2-7,9H,8H2,1H3. The third kappa shape index (κ3) is 1.95.